The molecule has 0 saturated carbocycles. The van der Waals surface area contributed by atoms with E-state index in [4.69, 9.17) is 4.74 Å². The van der Waals surface area contributed by atoms with Gasteiger partial charge in [-0.3, -0.25) is 0 Å². The van der Waals surface area contributed by atoms with Crippen molar-refractivity contribution in [2.75, 3.05) is 7.05 Å². The maximum Gasteiger partial charge on any atom is 0.167 e. The van der Waals surface area contributed by atoms with Crippen molar-refractivity contribution in [2.24, 2.45) is 0 Å². The lowest BCUT2D eigenvalue weighted by atomic mass is 10.1. The first-order valence-electron chi connectivity index (χ1n) is 6.29. The predicted molar refractivity (Wildman–Crippen MR) is 75.2 cm³/mol. The third kappa shape index (κ3) is 2.93. The van der Waals surface area contributed by atoms with Crippen LogP contribution >= 0.6 is 0 Å². The van der Waals surface area contributed by atoms with Gasteiger partial charge >= 0.3 is 0 Å². The van der Waals surface area contributed by atoms with Gasteiger partial charge in [-0.15, -0.1) is 0 Å². The molecule has 0 bridgehead atoms. The van der Waals surface area contributed by atoms with Crippen LogP contribution in [0.3, 0.4) is 0 Å². The molecule has 100 valence electrons. The lowest BCUT2D eigenvalue weighted by Crippen LogP contribution is -2.07. The summed E-state index contributed by atoms with van der Waals surface area (Å²) < 4.78 is 19.7. The number of aryl methyl sites for hydroxylation is 1. The van der Waals surface area contributed by atoms with Gasteiger partial charge in [0.2, 0.25) is 0 Å². The van der Waals surface area contributed by atoms with Gasteiger partial charge in [-0.05, 0) is 44.2 Å². The van der Waals surface area contributed by atoms with Gasteiger partial charge in [0.15, 0.2) is 11.6 Å². The van der Waals surface area contributed by atoms with E-state index in [1.807, 2.05) is 45.2 Å². The van der Waals surface area contributed by atoms with Gasteiger partial charge in [-0.25, -0.2) is 4.39 Å². The predicted octanol–water partition coefficient (Wildman–Crippen LogP) is 3.95. The first-order valence-corrected chi connectivity index (χ1v) is 6.29. The van der Waals surface area contributed by atoms with Crippen LogP contribution in [0.1, 0.15) is 16.7 Å². The average molecular weight is 259 g/mol. The molecule has 0 fully saturated rings. The molecule has 2 nitrogen and oxygen atoms in total. The second kappa shape index (κ2) is 5.85. The number of nitrogens with one attached hydrogen (secondary N) is 1. The van der Waals surface area contributed by atoms with E-state index in [0.29, 0.717) is 18.0 Å². The van der Waals surface area contributed by atoms with E-state index in [1.54, 1.807) is 6.07 Å². The van der Waals surface area contributed by atoms with Crippen molar-refractivity contribution in [2.45, 2.75) is 20.4 Å². The Morgan fingerprint density at radius 2 is 1.84 bits per heavy atom. The van der Waals surface area contributed by atoms with E-state index in [9.17, 15) is 4.39 Å². The zero-order valence-corrected chi connectivity index (χ0v) is 11.5. The molecule has 0 aliphatic carbocycles. The molecule has 3 heteroatoms. The van der Waals surface area contributed by atoms with E-state index >= 15 is 0 Å². The molecule has 0 saturated heterocycles. The Morgan fingerprint density at radius 3 is 2.58 bits per heavy atom. The molecule has 0 unspecified atom stereocenters. The second-order valence-corrected chi connectivity index (χ2v) is 4.56. The van der Waals surface area contributed by atoms with Crippen LogP contribution in [0, 0.1) is 19.7 Å². The molecule has 0 amide bonds. The molecular formula is C16H18FNO. The maximum absolute atomic E-state index is 13.9. The fourth-order valence-corrected chi connectivity index (χ4v) is 1.94. The minimum Gasteiger partial charge on any atom is -0.454 e. The van der Waals surface area contributed by atoms with Crippen molar-refractivity contribution in [1.29, 1.82) is 0 Å². The Balaban J connectivity index is 2.40. The van der Waals surface area contributed by atoms with Gasteiger partial charge in [0.05, 0.1) is 0 Å². The molecule has 2 rings (SSSR count). The zero-order chi connectivity index (χ0) is 13.8. The largest absolute Gasteiger partial charge is 0.454 e. The van der Waals surface area contributed by atoms with Crippen LogP contribution in [0.5, 0.6) is 11.5 Å². The number of benzene rings is 2. The summed E-state index contributed by atoms with van der Waals surface area (Å²) in [7, 11) is 1.83. The van der Waals surface area contributed by atoms with Gasteiger partial charge in [0, 0.05) is 12.1 Å². The van der Waals surface area contributed by atoms with Crippen molar-refractivity contribution in [1.82, 2.24) is 5.32 Å². The van der Waals surface area contributed by atoms with Crippen LogP contribution in [-0.4, -0.2) is 7.05 Å². The molecule has 0 aliphatic rings. The Bertz CT molecular complexity index is 581. The topological polar surface area (TPSA) is 21.3 Å². The molecular weight excluding hydrogens is 241 g/mol. The average Bonchev–Trinajstić information content (AvgIpc) is 2.39. The lowest BCUT2D eigenvalue weighted by Gasteiger charge is -2.14. The van der Waals surface area contributed by atoms with Crippen molar-refractivity contribution in [3.05, 3.63) is 58.9 Å². The highest BCUT2D eigenvalue weighted by Gasteiger charge is 2.12. The van der Waals surface area contributed by atoms with Crippen LogP contribution in [0.25, 0.3) is 0 Å². The second-order valence-electron chi connectivity index (χ2n) is 4.56. The molecule has 0 aliphatic heterocycles. The van der Waals surface area contributed by atoms with Crippen molar-refractivity contribution >= 4 is 0 Å². The van der Waals surface area contributed by atoms with Gasteiger partial charge in [-0.1, -0.05) is 24.3 Å². The Hall–Kier alpha value is -1.87. The molecule has 1 N–H and O–H groups in total. The first kappa shape index (κ1) is 13.6. The minimum absolute atomic E-state index is 0.297. The van der Waals surface area contributed by atoms with Crippen LogP contribution in [0.15, 0.2) is 36.4 Å². The summed E-state index contributed by atoms with van der Waals surface area (Å²) in [5, 5.41) is 3.02. The van der Waals surface area contributed by atoms with Crippen LogP contribution in [-0.2, 0) is 6.54 Å². The Morgan fingerprint density at radius 1 is 1.11 bits per heavy atom. The van der Waals surface area contributed by atoms with Gasteiger partial charge in [-0.2, -0.15) is 0 Å². The number of hydrogen-bond acceptors (Lipinski definition) is 2. The van der Waals surface area contributed by atoms with E-state index in [2.05, 4.69) is 5.32 Å². The number of para-hydroxylation sites is 1. The molecule has 2 aromatic carbocycles. The van der Waals surface area contributed by atoms with E-state index < -0.39 is 0 Å². The summed E-state index contributed by atoms with van der Waals surface area (Å²) in [4.78, 5) is 0. The fourth-order valence-electron chi connectivity index (χ4n) is 1.94. The number of ether oxygens (including phenoxy) is 1. The summed E-state index contributed by atoms with van der Waals surface area (Å²) in [6, 6.07) is 10.8. The summed E-state index contributed by atoms with van der Waals surface area (Å²) in [5.74, 6) is 0.654. The monoisotopic (exact) mass is 259 g/mol. The molecule has 0 spiro atoms. The van der Waals surface area contributed by atoms with E-state index in [0.717, 1.165) is 16.7 Å². The quantitative estimate of drug-likeness (QED) is 0.897. The highest BCUT2D eigenvalue weighted by molar-refractivity contribution is 5.44. The Kier molecular flexibility index (Phi) is 4.17. The number of hydrogen-bond donors (Lipinski definition) is 1. The van der Waals surface area contributed by atoms with Crippen molar-refractivity contribution in [3.8, 4) is 11.5 Å². The third-order valence-corrected chi connectivity index (χ3v) is 3.18. The van der Waals surface area contributed by atoms with Crippen LogP contribution in [0.2, 0.25) is 0 Å². The summed E-state index contributed by atoms with van der Waals surface area (Å²) in [6.07, 6.45) is 0. The fraction of sp³-hybridized carbons (Fsp3) is 0.250. The Labute approximate surface area is 113 Å². The van der Waals surface area contributed by atoms with E-state index in [1.165, 1.54) is 6.07 Å². The SMILES string of the molecule is CNCc1cccc(F)c1Oc1cccc(C)c1C. The third-order valence-electron chi connectivity index (χ3n) is 3.18. The van der Waals surface area contributed by atoms with Crippen LogP contribution < -0.4 is 10.1 Å². The number of rotatable bonds is 4. The minimum atomic E-state index is -0.339. The smallest absolute Gasteiger partial charge is 0.167 e. The van der Waals surface area contributed by atoms with Crippen molar-refractivity contribution < 1.29 is 9.13 Å². The lowest BCUT2D eigenvalue weighted by molar-refractivity contribution is 0.432. The molecule has 19 heavy (non-hydrogen) atoms. The standard InChI is InChI=1S/C16H18FNO/c1-11-6-4-9-15(12(11)2)19-16-13(10-18-3)7-5-8-14(16)17/h4-9,18H,10H2,1-3H3. The highest BCUT2D eigenvalue weighted by Crippen LogP contribution is 2.31. The summed E-state index contributed by atoms with van der Waals surface area (Å²) in [6.45, 7) is 4.55. The number of halogens is 1. The first-order chi connectivity index (χ1) is 9.13. The zero-order valence-electron chi connectivity index (χ0n) is 11.5. The maximum atomic E-state index is 13.9. The molecule has 0 aromatic heterocycles. The normalized spacial score (nSPS) is 10.5. The molecule has 2 aromatic rings. The molecule has 0 heterocycles. The van der Waals surface area contributed by atoms with E-state index in [-0.39, 0.29) is 5.82 Å². The molecule has 0 radical (unpaired) electrons. The van der Waals surface area contributed by atoms with Gasteiger partial charge < -0.3 is 10.1 Å². The van der Waals surface area contributed by atoms with Crippen molar-refractivity contribution in [3.63, 3.8) is 0 Å². The van der Waals surface area contributed by atoms with Gasteiger partial charge in [0.1, 0.15) is 5.75 Å². The summed E-state index contributed by atoms with van der Waals surface area (Å²) in [5.41, 5.74) is 2.97. The summed E-state index contributed by atoms with van der Waals surface area (Å²) >= 11 is 0. The van der Waals surface area contributed by atoms with Gasteiger partial charge in [0.25, 0.3) is 0 Å². The molecule has 0 atom stereocenters. The highest BCUT2D eigenvalue weighted by atomic mass is 19.1. The van der Waals surface area contributed by atoms with Crippen LogP contribution in [0.4, 0.5) is 4.39 Å².